The van der Waals surface area contributed by atoms with Gasteiger partial charge in [0.25, 0.3) is 0 Å². The molecule has 0 spiro atoms. The van der Waals surface area contributed by atoms with Crippen molar-refractivity contribution in [3.05, 3.63) is 35.8 Å². The number of nitrogens with zero attached hydrogens (tertiary/aromatic N) is 1. The van der Waals surface area contributed by atoms with E-state index >= 15 is 0 Å². The van der Waals surface area contributed by atoms with Gasteiger partial charge in [0.1, 0.15) is 11.5 Å². The molecule has 0 amide bonds. The molecule has 1 aliphatic heterocycles. The predicted molar refractivity (Wildman–Crippen MR) is 71.2 cm³/mol. The van der Waals surface area contributed by atoms with Crippen molar-refractivity contribution < 1.29 is 18.7 Å². The molecule has 1 aromatic carbocycles. The van der Waals surface area contributed by atoms with Crippen molar-refractivity contribution in [1.29, 1.82) is 0 Å². The van der Waals surface area contributed by atoms with Crippen molar-refractivity contribution in [2.24, 2.45) is 4.99 Å². The van der Waals surface area contributed by atoms with E-state index in [1.165, 1.54) is 19.2 Å². The standard InChI is InChI=1S/C14H13FN2O3/c1-19-14(18)11-4-5-20-13(17-11)12-7-8-6-9(15)2-3-10(8)16-12/h2-3,6-7,11,16H,4-5H2,1H3. The summed E-state index contributed by atoms with van der Waals surface area (Å²) >= 11 is 0. The summed E-state index contributed by atoms with van der Waals surface area (Å²) in [4.78, 5) is 18.8. The molecule has 1 aliphatic rings. The number of rotatable bonds is 2. The Morgan fingerprint density at radius 1 is 1.50 bits per heavy atom. The third kappa shape index (κ3) is 2.24. The maximum atomic E-state index is 13.2. The van der Waals surface area contributed by atoms with Gasteiger partial charge in [-0.3, -0.25) is 0 Å². The van der Waals surface area contributed by atoms with Crippen molar-refractivity contribution in [2.45, 2.75) is 12.5 Å². The van der Waals surface area contributed by atoms with Gasteiger partial charge in [-0.2, -0.15) is 0 Å². The average Bonchev–Trinajstić information content (AvgIpc) is 2.89. The molecule has 3 rings (SSSR count). The maximum absolute atomic E-state index is 13.2. The fraction of sp³-hybridized carbons (Fsp3) is 0.286. The van der Waals surface area contributed by atoms with E-state index in [0.29, 0.717) is 24.6 Å². The smallest absolute Gasteiger partial charge is 0.330 e. The third-order valence-corrected chi connectivity index (χ3v) is 3.19. The number of carbonyl (C=O) groups excluding carboxylic acids is 1. The van der Waals surface area contributed by atoms with Gasteiger partial charge in [0, 0.05) is 17.3 Å². The number of aromatic amines is 1. The van der Waals surface area contributed by atoms with E-state index in [1.807, 2.05) is 0 Å². The van der Waals surface area contributed by atoms with Crippen molar-refractivity contribution in [3.63, 3.8) is 0 Å². The fourth-order valence-electron chi connectivity index (χ4n) is 2.18. The molecular formula is C14H13FN2O3. The van der Waals surface area contributed by atoms with Crippen LogP contribution in [-0.2, 0) is 14.3 Å². The van der Waals surface area contributed by atoms with E-state index in [0.717, 1.165) is 10.9 Å². The topological polar surface area (TPSA) is 63.7 Å². The predicted octanol–water partition coefficient (Wildman–Crippen LogP) is 2.02. The Bertz CT molecular complexity index is 693. The van der Waals surface area contributed by atoms with Crippen LogP contribution in [0.3, 0.4) is 0 Å². The lowest BCUT2D eigenvalue weighted by Gasteiger charge is -2.18. The normalized spacial score (nSPS) is 18.5. The number of hydrogen-bond donors (Lipinski definition) is 1. The van der Waals surface area contributed by atoms with Crippen LogP contribution in [-0.4, -0.2) is 36.6 Å². The van der Waals surface area contributed by atoms with Gasteiger partial charge in [-0.05, 0) is 24.3 Å². The summed E-state index contributed by atoms with van der Waals surface area (Å²) in [6.45, 7) is 0.391. The number of aromatic nitrogens is 1. The Morgan fingerprint density at radius 3 is 3.15 bits per heavy atom. The Labute approximate surface area is 114 Å². The van der Waals surface area contributed by atoms with Crippen LogP contribution in [0.4, 0.5) is 4.39 Å². The van der Waals surface area contributed by atoms with Crippen LogP contribution in [0.1, 0.15) is 12.1 Å². The molecule has 1 atom stereocenters. The number of fused-ring (bicyclic) bond motifs is 1. The lowest BCUT2D eigenvalue weighted by atomic mass is 10.2. The Hall–Kier alpha value is -2.37. The summed E-state index contributed by atoms with van der Waals surface area (Å²) < 4.78 is 23.3. The zero-order valence-electron chi connectivity index (χ0n) is 10.9. The van der Waals surface area contributed by atoms with Gasteiger partial charge in [0.05, 0.1) is 13.7 Å². The molecular weight excluding hydrogens is 263 g/mol. The summed E-state index contributed by atoms with van der Waals surface area (Å²) in [6.07, 6.45) is 0.491. The second kappa shape index (κ2) is 4.96. The molecule has 0 bridgehead atoms. The summed E-state index contributed by atoms with van der Waals surface area (Å²) in [5, 5.41) is 0.728. The minimum Gasteiger partial charge on any atom is -0.476 e. The van der Waals surface area contributed by atoms with Gasteiger partial charge >= 0.3 is 5.97 Å². The minimum absolute atomic E-state index is 0.304. The van der Waals surface area contributed by atoms with Crippen LogP contribution >= 0.6 is 0 Å². The van der Waals surface area contributed by atoms with Crippen LogP contribution in [0.15, 0.2) is 29.3 Å². The number of hydrogen-bond acceptors (Lipinski definition) is 4. The second-order valence-electron chi connectivity index (χ2n) is 4.52. The largest absolute Gasteiger partial charge is 0.476 e. The second-order valence-corrected chi connectivity index (χ2v) is 4.52. The molecule has 0 fully saturated rings. The summed E-state index contributed by atoms with van der Waals surface area (Å²) in [7, 11) is 1.33. The highest BCUT2D eigenvalue weighted by atomic mass is 19.1. The molecule has 0 saturated heterocycles. The van der Waals surface area contributed by atoms with Gasteiger partial charge in [-0.15, -0.1) is 0 Å². The van der Waals surface area contributed by atoms with Gasteiger partial charge in [0.2, 0.25) is 5.90 Å². The first-order valence-electron chi connectivity index (χ1n) is 6.24. The molecule has 5 nitrogen and oxygen atoms in total. The average molecular weight is 276 g/mol. The molecule has 2 aromatic rings. The molecule has 0 radical (unpaired) electrons. The lowest BCUT2D eigenvalue weighted by molar-refractivity contribution is -0.142. The molecule has 20 heavy (non-hydrogen) atoms. The van der Waals surface area contributed by atoms with Gasteiger partial charge in [-0.25, -0.2) is 14.2 Å². The highest BCUT2D eigenvalue weighted by Crippen LogP contribution is 2.20. The third-order valence-electron chi connectivity index (χ3n) is 3.19. The first-order chi connectivity index (χ1) is 9.67. The monoisotopic (exact) mass is 276 g/mol. The lowest BCUT2D eigenvalue weighted by Crippen LogP contribution is -2.29. The fourth-order valence-corrected chi connectivity index (χ4v) is 2.18. The Morgan fingerprint density at radius 2 is 2.35 bits per heavy atom. The highest BCUT2D eigenvalue weighted by Gasteiger charge is 2.25. The molecule has 1 unspecified atom stereocenters. The van der Waals surface area contributed by atoms with E-state index in [2.05, 4.69) is 14.7 Å². The van der Waals surface area contributed by atoms with Gasteiger partial charge < -0.3 is 14.5 Å². The number of halogens is 1. The Balaban J connectivity index is 1.97. The number of H-pyrrole nitrogens is 1. The quantitative estimate of drug-likeness (QED) is 0.853. The number of benzene rings is 1. The molecule has 1 N–H and O–H groups in total. The molecule has 104 valence electrons. The number of methoxy groups -OCH3 is 1. The molecule has 1 aromatic heterocycles. The first kappa shape index (κ1) is 12.7. The van der Waals surface area contributed by atoms with Crippen LogP contribution in [0.25, 0.3) is 10.9 Å². The maximum Gasteiger partial charge on any atom is 0.330 e. The van der Waals surface area contributed by atoms with Gasteiger partial charge in [0.15, 0.2) is 6.04 Å². The number of esters is 1. The number of aliphatic imine (C=N–C) groups is 1. The highest BCUT2D eigenvalue weighted by molar-refractivity contribution is 5.99. The first-order valence-corrected chi connectivity index (χ1v) is 6.24. The number of carbonyl (C=O) groups is 1. The van der Waals surface area contributed by atoms with E-state index in [9.17, 15) is 9.18 Å². The minimum atomic E-state index is -0.549. The van der Waals surface area contributed by atoms with Crippen molar-refractivity contribution in [1.82, 2.24) is 4.98 Å². The van der Waals surface area contributed by atoms with E-state index in [4.69, 9.17) is 4.74 Å². The summed E-state index contributed by atoms with van der Waals surface area (Å²) in [5.41, 5.74) is 1.41. The van der Waals surface area contributed by atoms with Crippen molar-refractivity contribution in [3.8, 4) is 0 Å². The zero-order valence-corrected chi connectivity index (χ0v) is 10.9. The van der Waals surface area contributed by atoms with Crippen molar-refractivity contribution in [2.75, 3.05) is 13.7 Å². The van der Waals surface area contributed by atoms with E-state index in [1.54, 1.807) is 12.1 Å². The Kier molecular flexibility index (Phi) is 3.14. The van der Waals surface area contributed by atoms with E-state index in [-0.39, 0.29) is 11.8 Å². The summed E-state index contributed by atoms with van der Waals surface area (Å²) in [6, 6.07) is 5.65. The van der Waals surface area contributed by atoms with E-state index < -0.39 is 6.04 Å². The molecule has 2 heterocycles. The molecule has 0 saturated carbocycles. The summed E-state index contributed by atoms with van der Waals surface area (Å²) in [5.74, 6) is -0.335. The van der Waals surface area contributed by atoms with Crippen LogP contribution in [0.5, 0.6) is 0 Å². The molecule has 6 heteroatoms. The van der Waals surface area contributed by atoms with Crippen LogP contribution < -0.4 is 0 Å². The van der Waals surface area contributed by atoms with Crippen molar-refractivity contribution >= 4 is 22.8 Å². The van der Waals surface area contributed by atoms with Gasteiger partial charge in [-0.1, -0.05) is 0 Å². The van der Waals surface area contributed by atoms with Crippen LogP contribution in [0.2, 0.25) is 0 Å². The number of ether oxygens (including phenoxy) is 2. The SMILES string of the molecule is COC(=O)C1CCOC(c2cc3cc(F)ccc3[nH]2)=N1. The van der Waals surface area contributed by atoms with Crippen LogP contribution in [0, 0.1) is 5.82 Å². The number of nitrogens with one attached hydrogen (secondary N) is 1. The molecule has 0 aliphatic carbocycles. The zero-order chi connectivity index (χ0) is 14.1.